The van der Waals surface area contributed by atoms with E-state index in [4.69, 9.17) is 20.9 Å². The highest BCUT2D eigenvalue weighted by atomic mass is 28.4. The molecule has 3 aromatic heterocycles. The summed E-state index contributed by atoms with van der Waals surface area (Å²) < 4.78 is 23.1. The van der Waals surface area contributed by atoms with Gasteiger partial charge in [-0.25, -0.2) is 19.3 Å². The van der Waals surface area contributed by atoms with Gasteiger partial charge in [0, 0.05) is 18.2 Å². The normalized spacial score (nSPS) is 17.9. The van der Waals surface area contributed by atoms with Crippen molar-refractivity contribution < 1.29 is 8.82 Å². The summed E-state index contributed by atoms with van der Waals surface area (Å²) in [5.41, 5.74) is 15.1. The van der Waals surface area contributed by atoms with Crippen molar-refractivity contribution in [1.82, 2.24) is 19.4 Å². The van der Waals surface area contributed by atoms with E-state index in [2.05, 4.69) is 91.4 Å². The summed E-state index contributed by atoms with van der Waals surface area (Å²) in [5, 5.41) is 2.49. The molecule has 1 fully saturated rings. The monoisotopic (exact) mass is 580 g/mol. The number of imidazole rings is 1. The summed E-state index contributed by atoms with van der Waals surface area (Å²) >= 11 is 0. The highest BCUT2D eigenvalue weighted by Crippen LogP contribution is 2.42. The number of hydrogen-bond acceptors (Lipinski definition) is 6. The van der Waals surface area contributed by atoms with Crippen molar-refractivity contribution >= 4 is 35.8 Å². The standard InChI is InChI=1S/C33H37FN6OSi/c1-33(2,3)42(25-10-6-4-7-11-25,26-12-8-5-9-13-26)41-24-17-14-22(15-18-24)30-29(35)31(36)39-32(38-30)27-20-37-28-19-16-23(34)21-40(27)28/h4-13,16,19-22,24H,14-15,17-18,35H2,1-3H3,(H2,36,38,39). The molecule has 0 saturated heterocycles. The van der Waals surface area contributed by atoms with Gasteiger partial charge in [0.1, 0.15) is 17.2 Å². The van der Waals surface area contributed by atoms with Gasteiger partial charge in [-0.3, -0.25) is 4.40 Å². The lowest BCUT2D eigenvalue weighted by Gasteiger charge is -2.46. The lowest BCUT2D eigenvalue weighted by molar-refractivity contribution is 0.135. The van der Waals surface area contributed by atoms with E-state index in [1.54, 1.807) is 16.7 Å². The van der Waals surface area contributed by atoms with Crippen LogP contribution in [0.5, 0.6) is 0 Å². The summed E-state index contributed by atoms with van der Waals surface area (Å²) in [6, 6.07) is 24.5. The van der Waals surface area contributed by atoms with Gasteiger partial charge in [0.25, 0.3) is 8.32 Å². The molecule has 0 unspecified atom stereocenters. The third-order valence-electron chi connectivity index (χ3n) is 8.52. The van der Waals surface area contributed by atoms with Crippen LogP contribution in [0.1, 0.15) is 58.1 Å². The molecule has 5 aromatic rings. The molecule has 7 nitrogen and oxygen atoms in total. The second-order valence-electron chi connectivity index (χ2n) is 12.2. The summed E-state index contributed by atoms with van der Waals surface area (Å²) in [7, 11) is -2.64. The zero-order chi connectivity index (χ0) is 29.5. The number of nitrogen functional groups attached to an aromatic ring is 2. The minimum absolute atomic E-state index is 0.0829. The number of fused-ring (bicyclic) bond motifs is 1. The van der Waals surface area contributed by atoms with Crippen LogP contribution in [0.4, 0.5) is 15.9 Å². The number of rotatable bonds is 6. The van der Waals surface area contributed by atoms with Crippen LogP contribution < -0.4 is 21.8 Å². The van der Waals surface area contributed by atoms with Gasteiger partial charge >= 0.3 is 0 Å². The minimum Gasteiger partial charge on any atom is -0.404 e. The molecular weight excluding hydrogens is 543 g/mol. The lowest BCUT2D eigenvalue weighted by atomic mass is 9.84. The van der Waals surface area contributed by atoms with Crippen LogP contribution in [0, 0.1) is 5.82 Å². The van der Waals surface area contributed by atoms with Crippen molar-refractivity contribution in [2.45, 2.75) is 63.5 Å². The molecule has 216 valence electrons. The van der Waals surface area contributed by atoms with Gasteiger partial charge in [0.2, 0.25) is 0 Å². The van der Waals surface area contributed by atoms with Gasteiger partial charge in [0.05, 0.1) is 17.6 Å². The zero-order valence-corrected chi connectivity index (χ0v) is 25.3. The maximum Gasteiger partial charge on any atom is 0.261 e. The molecule has 0 radical (unpaired) electrons. The molecule has 1 aliphatic carbocycles. The van der Waals surface area contributed by atoms with Gasteiger partial charge in [-0.15, -0.1) is 0 Å². The number of pyridine rings is 1. The molecule has 9 heteroatoms. The fourth-order valence-electron chi connectivity index (χ4n) is 6.45. The summed E-state index contributed by atoms with van der Waals surface area (Å²) in [4.78, 5) is 13.7. The summed E-state index contributed by atoms with van der Waals surface area (Å²) in [5.74, 6) is 0.362. The predicted molar refractivity (Wildman–Crippen MR) is 169 cm³/mol. The average molecular weight is 581 g/mol. The molecular formula is C33H37FN6OSi. The maximum atomic E-state index is 14.0. The van der Waals surface area contributed by atoms with Crippen molar-refractivity contribution in [3.63, 3.8) is 0 Å². The smallest absolute Gasteiger partial charge is 0.261 e. The Hall–Kier alpha value is -4.08. The second-order valence-corrected chi connectivity index (χ2v) is 16.5. The Labute approximate surface area is 246 Å². The Morgan fingerprint density at radius 2 is 1.48 bits per heavy atom. The topological polar surface area (TPSA) is 104 Å². The fraction of sp³-hybridized carbons (Fsp3) is 0.303. The molecule has 1 aliphatic rings. The van der Waals surface area contributed by atoms with Crippen LogP contribution in [0.3, 0.4) is 0 Å². The fourth-order valence-corrected chi connectivity index (χ4v) is 11.2. The maximum absolute atomic E-state index is 14.0. The van der Waals surface area contributed by atoms with E-state index in [0.29, 0.717) is 22.9 Å². The largest absolute Gasteiger partial charge is 0.404 e. The average Bonchev–Trinajstić information content (AvgIpc) is 3.41. The third-order valence-corrected chi connectivity index (χ3v) is 13.6. The Morgan fingerprint density at radius 3 is 2.07 bits per heavy atom. The molecule has 6 rings (SSSR count). The minimum atomic E-state index is -2.64. The molecule has 0 aliphatic heterocycles. The Bertz CT molecular complexity index is 1660. The number of aromatic nitrogens is 4. The van der Waals surface area contributed by atoms with E-state index >= 15 is 0 Å². The Kier molecular flexibility index (Phi) is 7.32. The first-order valence-electron chi connectivity index (χ1n) is 14.5. The predicted octanol–water partition coefficient (Wildman–Crippen LogP) is 5.70. The number of hydrogen-bond donors (Lipinski definition) is 2. The van der Waals surface area contributed by atoms with Crippen LogP contribution in [0.25, 0.3) is 17.2 Å². The van der Waals surface area contributed by atoms with Crippen LogP contribution in [-0.4, -0.2) is 33.8 Å². The van der Waals surface area contributed by atoms with E-state index in [1.807, 2.05) is 0 Å². The van der Waals surface area contributed by atoms with Crippen molar-refractivity contribution in [2.75, 3.05) is 11.5 Å². The molecule has 1 saturated carbocycles. The van der Waals surface area contributed by atoms with E-state index < -0.39 is 8.32 Å². The van der Waals surface area contributed by atoms with E-state index in [-0.39, 0.29) is 28.7 Å². The summed E-state index contributed by atoms with van der Waals surface area (Å²) in [6.45, 7) is 6.92. The van der Waals surface area contributed by atoms with Gasteiger partial charge in [-0.2, -0.15) is 0 Å². The van der Waals surface area contributed by atoms with Crippen molar-refractivity contribution in [2.24, 2.45) is 0 Å². The molecule has 0 spiro atoms. The molecule has 3 heterocycles. The zero-order valence-electron chi connectivity index (χ0n) is 24.3. The third kappa shape index (κ3) is 4.96. The Morgan fingerprint density at radius 1 is 0.857 bits per heavy atom. The molecule has 42 heavy (non-hydrogen) atoms. The van der Waals surface area contributed by atoms with Gasteiger partial charge < -0.3 is 15.9 Å². The van der Waals surface area contributed by atoms with Crippen molar-refractivity contribution in [3.05, 3.63) is 96.7 Å². The SMILES string of the molecule is CC(C)(C)[Si](OC1CCC(c2nc(-c3cnc4ccc(F)cn34)nc(N)c2N)CC1)(c1ccccc1)c1ccccc1. The van der Waals surface area contributed by atoms with Crippen LogP contribution in [0.2, 0.25) is 5.04 Å². The number of anilines is 2. The van der Waals surface area contributed by atoms with E-state index in [0.717, 1.165) is 31.4 Å². The van der Waals surface area contributed by atoms with Crippen LogP contribution in [0.15, 0.2) is 85.2 Å². The second kappa shape index (κ2) is 11.0. The highest BCUT2D eigenvalue weighted by molar-refractivity contribution is 6.99. The molecule has 4 N–H and O–H groups in total. The number of benzene rings is 2. The first-order chi connectivity index (χ1) is 20.2. The van der Waals surface area contributed by atoms with Gasteiger partial charge in [0.15, 0.2) is 11.6 Å². The van der Waals surface area contributed by atoms with Crippen LogP contribution in [-0.2, 0) is 4.43 Å². The van der Waals surface area contributed by atoms with Crippen molar-refractivity contribution in [1.29, 1.82) is 0 Å². The highest BCUT2D eigenvalue weighted by Gasteiger charge is 2.51. The first-order valence-corrected chi connectivity index (χ1v) is 16.4. The van der Waals surface area contributed by atoms with Crippen molar-refractivity contribution in [3.8, 4) is 11.5 Å². The van der Waals surface area contributed by atoms with E-state index in [1.165, 1.54) is 22.6 Å². The lowest BCUT2D eigenvalue weighted by Crippen LogP contribution is -2.67. The van der Waals surface area contributed by atoms with Crippen LogP contribution >= 0.6 is 0 Å². The van der Waals surface area contributed by atoms with Gasteiger partial charge in [-0.1, -0.05) is 81.4 Å². The molecule has 2 aromatic carbocycles. The van der Waals surface area contributed by atoms with E-state index in [9.17, 15) is 4.39 Å². The number of nitrogens with two attached hydrogens (primary N) is 2. The number of halogens is 1. The molecule has 0 bridgehead atoms. The molecule has 0 atom stereocenters. The van der Waals surface area contributed by atoms with Gasteiger partial charge in [-0.05, 0) is 53.2 Å². The quantitative estimate of drug-likeness (QED) is 0.250. The Balaban J connectivity index is 1.29. The first kappa shape index (κ1) is 28.1. The molecule has 0 amide bonds. The number of nitrogens with zero attached hydrogens (tertiary/aromatic N) is 4. The summed E-state index contributed by atoms with van der Waals surface area (Å²) in [6.07, 6.45) is 6.62.